The molecule has 146 valence electrons. The first-order chi connectivity index (χ1) is 13.9. The van der Waals surface area contributed by atoms with Gasteiger partial charge in [0.05, 0.1) is 4.90 Å². The number of hydrogen-bond acceptors (Lipinski definition) is 3. The molecule has 0 radical (unpaired) electrons. The normalized spacial score (nSPS) is 12.8. The van der Waals surface area contributed by atoms with Gasteiger partial charge in [-0.25, -0.2) is 12.8 Å². The fourth-order valence-electron chi connectivity index (χ4n) is 3.59. The summed E-state index contributed by atoms with van der Waals surface area (Å²) in [5, 5.41) is 10.8. The first kappa shape index (κ1) is 19.2. The third-order valence-electron chi connectivity index (χ3n) is 5.02. The van der Waals surface area contributed by atoms with E-state index in [4.69, 9.17) is 0 Å². The van der Waals surface area contributed by atoms with Crippen molar-refractivity contribution in [3.63, 3.8) is 0 Å². The second-order valence-electron chi connectivity index (χ2n) is 7.01. The highest BCUT2D eigenvalue weighted by Crippen LogP contribution is 2.43. The third kappa shape index (κ3) is 3.49. The molecule has 1 atom stereocenters. The summed E-state index contributed by atoms with van der Waals surface area (Å²) in [7, 11) is -3.98. The fraction of sp³-hybridized carbons (Fsp3) is 0.0833. The van der Waals surface area contributed by atoms with Crippen molar-refractivity contribution in [1.29, 1.82) is 0 Å². The van der Waals surface area contributed by atoms with Gasteiger partial charge in [-0.05, 0) is 53.6 Å². The lowest BCUT2D eigenvalue weighted by Crippen LogP contribution is -2.16. The van der Waals surface area contributed by atoms with Crippen molar-refractivity contribution in [3.05, 3.63) is 107 Å². The van der Waals surface area contributed by atoms with Crippen molar-refractivity contribution in [1.82, 2.24) is 0 Å². The number of phenolic OH excluding ortho intramolecular Hbond substituents is 1. The molecule has 0 saturated heterocycles. The molecule has 0 heterocycles. The van der Waals surface area contributed by atoms with E-state index in [1.807, 2.05) is 19.1 Å². The Hall–Kier alpha value is -3.18. The summed E-state index contributed by atoms with van der Waals surface area (Å²) >= 11 is 0. The molecule has 0 aliphatic heterocycles. The molecule has 0 saturated carbocycles. The number of fused-ring (bicyclic) bond motifs is 1. The summed E-state index contributed by atoms with van der Waals surface area (Å²) in [5.74, 6) is -0.681. The van der Waals surface area contributed by atoms with Crippen LogP contribution in [0, 0.1) is 12.7 Å². The average molecular weight is 406 g/mol. The second-order valence-corrected chi connectivity index (χ2v) is 9.05. The Morgan fingerprint density at radius 2 is 1.59 bits per heavy atom. The molecule has 4 aromatic rings. The Bertz CT molecular complexity index is 1300. The van der Waals surface area contributed by atoms with Gasteiger partial charge in [0.1, 0.15) is 16.8 Å². The summed E-state index contributed by atoms with van der Waals surface area (Å²) in [4.78, 5) is 0.115. The number of sulfone groups is 1. The second kappa shape index (κ2) is 7.33. The molecule has 29 heavy (non-hydrogen) atoms. The molecule has 5 heteroatoms. The highest BCUT2D eigenvalue weighted by Gasteiger charge is 2.34. The highest BCUT2D eigenvalue weighted by atomic mass is 32.2. The summed E-state index contributed by atoms with van der Waals surface area (Å²) in [5.41, 5.74) is 1.44. The van der Waals surface area contributed by atoms with Crippen molar-refractivity contribution in [2.45, 2.75) is 17.1 Å². The van der Waals surface area contributed by atoms with Crippen molar-refractivity contribution >= 4 is 20.6 Å². The Morgan fingerprint density at radius 1 is 0.862 bits per heavy atom. The van der Waals surface area contributed by atoms with E-state index in [2.05, 4.69) is 0 Å². The van der Waals surface area contributed by atoms with Crippen LogP contribution in [0.4, 0.5) is 4.39 Å². The van der Waals surface area contributed by atoms with E-state index in [0.717, 1.165) is 10.9 Å². The molecule has 3 nitrogen and oxygen atoms in total. The zero-order valence-electron chi connectivity index (χ0n) is 15.7. The van der Waals surface area contributed by atoms with E-state index in [0.29, 0.717) is 5.39 Å². The molecular weight excluding hydrogens is 387 g/mol. The van der Waals surface area contributed by atoms with Gasteiger partial charge in [0, 0.05) is 5.56 Å². The number of aromatic hydroxyl groups is 1. The molecule has 0 amide bonds. The zero-order valence-corrected chi connectivity index (χ0v) is 16.5. The standard InChI is InChI=1S/C24H19FO3S/c1-16-9-12-20(13-10-16)29(27,28)24(18-6-4-7-19(25)15-18)23-21-8-3-2-5-17(21)11-14-22(23)26/h2-15,24,26H,1H3. The van der Waals surface area contributed by atoms with Crippen LogP contribution in [-0.2, 0) is 9.84 Å². The van der Waals surface area contributed by atoms with E-state index in [9.17, 15) is 17.9 Å². The van der Waals surface area contributed by atoms with Gasteiger partial charge < -0.3 is 5.11 Å². The largest absolute Gasteiger partial charge is 0.508 e. The van der Waals surface area contributed by atoms with Gasteiger partial charge in [0.2, 0.25) is 0 Å². The number of aryl methyl sites for hydroxylation is 1. The number of rotatable bonds is 4. The molecule has 4 rings (SSSR count). The summed E-state index contributed by atoms with van der Waals surface area (Å²) in [6, 6.07) is 22.5. The van der Waals surface area contributed by atoms with Crippen LogP contribution in [-0.4, -0.2) is 13.5 Å². The van der Waals surface area contributed by atoms with Crippen molar-refractivity contribution in [2.24, 2.45) is 0 Å². The first-order valence-electron chi connectivity index (χ1n) is 9.14. The smallest absolute Gasteiger partial charge is 0.189 e. The summed E-state index contributed by atoms with van der Waals surface area (Å²) in [6.07, 6.45) is 0. The maximum absolute atomic E-state index is 14.0. The lowest BCUT2D eigenvalue weighted by Gasteiger charge is -2.22. The van der Waals surface area contributed by atoms with Gasteiger partial charge >= 0.3 is 0 Å². The Balaban J connectivity index is 2.06. The summed E-state index contributed by atoms with van der Waals surface area (Å²) < 4.78 is 41.5. The van der Waals surface area contributed by atoms with Crippen molar-refractivity contribution in [3.8, 4) is 5.75 Å². The SMILES string of the molecule is Cc1ccc(S(=O)(=O)C(c2cccc(F)c2)c2c(O)ccc3ccccc23)cc1. The van der Waals surface area contributed by atoms with Crippen LogP contribution in [0.3, 0.4) is 0 Å². The lowest BCUT2D eigenvalue weighted by atomic mass is 9.97. The third-order valence-corrected chi connectivity index (χ3v) is 7.08. The van der Waals surface area contributed by atoms with Crippen molar-refractivity contribution < 1.29 is 17.9 Å². The average Bonchev–Trinajstić information content (AvgIpc) is 2.70. The number of halogens is 1. The van der Waals surface area contributed by atoms with Gasteiger partial charge in [0.25, 0.3) is 0 Å². The van der Waals surface area contributed by atoms with Crippen LogP contribution in [0.2, 0.25) is 0 Å². The van der Waals surface area contributed by atoms with Gasteiger partial charge in [-0.15, -0.1) is 0 Å². The van der Waals surface area contributed by atoms with Crippen LogP contribution in [0.25, 0.3) is 10.8 Å². The van der Waals surface area contributed by atoms with Crippen LogP contribution < -0.4 is 0 Å². The molecule has 0 spiro atoms. The van der Waals surface area contributed by atoms with Gasteiger partial charge in [0.15, 0.2) is 9.84 Å². The topological polar surface area (TPSA) is 54.4 Å². The molecule has 0 aromatic heterocycles. The minimum absolute atomic E-state index is 0.115. The molecule has 4 aromatic carbocycles. The van der Waals surface area contributed by atoms with Gasteiger partial charge in [-0.2, -0.15) is 0 Å². The van der Waals surface area contributed by atoms with E-state index in [-0.39, 0.29) is 21.8 Å². The van der Waals surface area contributed by atoms with E-state index in [1.54, 1.807) is 48.5 Å². The van der Waals surface area contributed by atoms with Crippen LogP contribution >= 0.6 is 0 Å². The summed E-state index contributed by atoms with van der Waals surface area (Å²) in [6.45, 7) is 1.87. The fourth-order valence-corrected chi connectivity index (χ4v) is 5.44. The Kier molecular flexibility index (Phi) is 4.84. The molecule has 0 fully saturated rings. The number of phenols is 1. The molecule has 0 aliphatic carbocycles. The Labute approximate surface area is 169 Å². The maximum atomic E-state index is 14.0. The maximum Gasteiger partial charge on any atom is 0.189 e. The number of hydrogen-bond donors (Lipinski definition) is 1. The molecule has 0 aliphatic rings. The predicted octanol–water partition coefficient (Wildman–Crippen LogP) is 5.56. The van der Waals surface area contributed by atoms with E-state index >= 15 is 0 Å². The predicted molar refractivity (Wildman–Crippen MR) is 112 cm³/mol. The van der Waals surface area contributed by atoms with Crippen LogP contribution in [0.15, 0.2) is 89.8 Å². The monoisotopic (exact) mass is 406 g/mol. The van der Waals surface area contributed by atoms with E-state index < -0.39 is 20.9 Å². The van der Waals surface area contributed by atoms with Gasteiger partial charge in [-0.3, -0.25) is 0 Å². The molecular formula is C24H19FO3S. The minimum Gasteiger partial charge on any atom is -0.508 e. The molecule has 1 unspecified atom stereocenters. The zero-order chi connectivity index (χ0) is 20.6. The van der Waals surface area contributed by atoms with Gasteiger partial charge in [-0.1, -0.05) is 60.2 Å². The molecule has 1 N–H and O–H groups in total. The Morgan fingerprint density at radius 3 is 2.31 bits per heavy atom. The van der Waals surface area contributed by atoms with Crippen LogP contribution in [0.5, 0.6) is 5.75 Å². The quantitative estimate of drug-likeness (QED) is 0.483. The molecule has 0 bridgehead atoms. The minimum atomic E-state index is -3.98. The van der Waals surface area contributed by atoms with E-state index in [1.165, 1.54) is 24.3 Å². The van der Waals surface area contributed by atoms with Crippen LogP contribution in [0.1, 0.15) is 21.9 Å². The van der Waals surface area contributed by atoms with Crippen molar-refractivity contribution in [2.75, 3.05) is 0 Å². The highest BCUT2D eigenvalue weighted by molar-refractivity contribution is 7.92. The number of benzene rings is 4. The first-order valence-corrected chi connectivity index (χ1v) is 10.7. The lowest BCUT2D eigenvalue weighted by molar-refractivity contribution is 0.469.